The molecule has 21 heavy (non-hydrogen) atoms. The van der Waals surface area contributed by atoms with Crippen LogP contribution in [0.2, 0.25) is 0 Å². The maximum absolute atomic E-state index is 13.0. The highest BCUT2D eigenvalue weighted by Crippen LogP contribution is 2.43. The quantitative estimate of drug-likeness (QED) is 0.813. The van der Waals surface area contributed by atoms with E-state index in [1.165, 1.54) is 18.4 Å². The van der Waals surface area contributed by atoms with E-state index < -0.39 is 0 Å². The Balaban J connectivity index is 2.06. The summed E-state index contributed by atoms with van der Waals surface area (Å²) >= 11 is 0. The molecular weight excluding hydrogens is 258 g/mol. The molecule has 1 aromatic rings. The number of piperidine rings is 1. The Hall–Kier alpha value is -1.15. The summed E-state index contributed by atoms with van der Waals surface area (Å²) in [6.45, 7) is 5.71. The molecule has 1 aliphatic carbocycles. The van der Waals surface area contributed by atoms with Gasteiger partial charge in [-0.15, -0.1) is 0 Å². The summed E-state index contributed by atoms with van der Waals surface area (Å²) in [5.74, 6) is 1.12. The van der Waals surface area contributed by atoms with Crippen LogP contribution in [0.15, 0.2) is 30.3 Å². The van der Waals surface area contributed by atoms with Gasteiger partial charge in [0.1, 0.15) is 5.54 Å². The minimum Gasteiger partial charge on any atom is -0.297 e. The molecule has 0 aromatic heterocycles. The third-order valence-electron chi connectivity index (χ3n) is 5.77. The second-order valence-electron chi connectivity index (χ2n) is 6.91. The van der Waals surface area contributed by atoms with Crippen LogP contribution in [0.3, 0.4) is 0 Å². The number of carbonyl (C=O) groups is 1. The van der Waals surface area contributed by atoms with Gasteiger partial charge in [0.05, 0.1) is 0 Å². The van der Waals surface area contributed by atoms with Crippen molar-refractivity contribution in [1.29, 1.82) is 0 Å². The van der Waals surface area contributed by atoms with Gasteiger partial charge in [0.15, 0.2) is 5.78 Å². The molecule has 1 heterocycles. The molecule has 3 atom stereocenters. The summed E-state index contributed by atoms with van der Waals surface area (Å²) in [7, 11) is 0. The normalized spacial score (nSPS) is 34.9. The molecule has 0 spiro atoms. The molecule has 1 aliphatic heterocycles. The van der Waals surface area contributed by atoms with Gasteiger partial charge in [-0.1, -0.05) is 43.7 Å². The van der Waals surface area contributed by atoms with Gasteiger partial charge in [0.25, 0.3) is 0 Å². The van der Waals surface area contributed by atoms with Crippen LogP contribution in [-0.4, -0.2) is 23.3 Å². The summed E-state index contributed by atoms with van der Waals surface area (Å²) in [6.07, 6.45) is 6.47. The van der Waals surface area contributed by atoms with E-state index in [-0.39, 0.29) is 5.54 Å². The number of hydrogen-bond donors (Lipinski definition) is 0. The minimum atomic E-state index is -0.354. The zero-order valence-electron chi connectivity index (χ0n) is 13.3. The van der Waals surface area contributed by atoms with E-state index in [1.54, 1.807) is 0 Å². The van der Waals surface area contributed by atoms with Crippen molar-refractivity contribution >= 4 is 5.78 Å². The van der Waals surface area contributed by atoms with Gasteiger partial charge in [0.2, 0.25) is 0 Å². The van der Waals surface area contributed by atoms with Crippen LogP contribution in [-0.2, 0) is 10.3 Å². The van der Waals surface area contributed by atoms with E-state index in [4.69, 9.17) is 0 Å². The molecule has 2 heteroatoms. The third kappa shape index (κ3) is 2.44. The van der Waals surface area contributed by atoms with E-state index in [1.807, 2.05) is 6.07 Å². The highest BCUT2D eigenvalue weighted by Gasteiger charge is 2.49. The molecule has 0 N–H and O–H groups in total. The Morgan fingerprint density at radius 2 is 1.86 bits per heavy atom. The number of rotatable bonds is 2. The van der Waals surface area contributed by atoms with E-state index in [9.17, 15) is 4.79 Å². The molecule has 2 fully saturated rings. The van der Waals surface area contributed by atoms with Crippen LogP contribution in [0.25, 0.3) is 0 Å². The smallest absolute Gasteiger partial charge is 0.157 e. The van der Waals surface area contributed by atoms with Crippen LogP contribution >= 0.6 is 0 Å². The Bertz CT molecular complexity index is 498. The SMILES string of the molecule is CC1CCCN([C@]2(c3ccccc3)CCCCC2=O)C1C. The van der Waals surface area contributed by atoms with Gasteiger partial charge in [-0.25, -0.2) is 0 Å². The average molecular weight is 285 g/mol. The molecule has 2 nitrogen and oxygen atoms in total. The first-order valence-electron chi connectivity index (χ1n) is 8.52. The Morgan fingerprint density at radius 3 is 2.57 bits per heavy atom. The highest BCUT2D eigenvalue weighted by molar-refractivity contribution is 5.90. The molecule has 2 unspecified atom stereocenters. The van der Waals surface area contributed by atoms with Gasteiger partial charge < -0.3 is 0 Å². The van der Waals surface area contributed by atoms with Crippen LogP contribution in [0, 0.1) is 5.92 Å². The summed E-state index contributed by atoms with van der Waals surface area (Å²) in [4.78, 5) is 15.6. The van der Waals surface area contributed by atoms with Crippen molar-refractivity contribution in [3.63, 3.8) is 0 Å². The lowest BCUT2D eigenvalue weighted by atomic mass is 9.72. The van der Waals surface area contributed by atoms with Crippen molar-refractivity contribution in [3.05, 3.63) is 35.9 Å². The number of carbonyl (C=O) groups excluding carboxylic acids is 1. The Labute approximate surface area is 128 Å². The minimum absolute atomic E-state index is 0.354. The zero-order valence-corrected chi connectivity index (χ0v) is 13.3. The molecule has 1 saturated heterocycles. The van der Waals surface area contributed by atoms with E-state index in [0.29, 0.717) is 17.7 Å². The van der Waals surface area contributed by atoms with Crippen molar-refractivity contribution in [1.82, 2.24) is 4.90 Å². The molecule has 0 amide bonds. The standard InChI is InChI=1S/C19H27NO/c1-15-9-8-14-20(16(15)2)19(13-7-6-12-18(19)21)17-10-4-3-5-11-17/h3-5,10-11,15-16H,6-9,12-14H2,1-2H3/t15?,16?,19-/m0/s1. The fourth-order valence-electron chi connectivity index (χ4n) is 4.38. The van der Waals surface area contributed by atoms with Crippen LogP contribution in [0.1, 0.15) is 57.9 Å². The molecule has 114 valence electrons. The van der Waals surface area contributed by atoms with Crippen molar-refractivity contribution in [2.24, 2.45) is 5.92 Å². The summed E-state index contributed by atoms with van der Waals surface area (Å²) < 4.78 is 0. The van der Waals surface area contributed by atoms with E-state index in [2.05, 4.69) is 43.0 Å². The lowest BCUT2D eigenvalue weighted by Gasteiger charge is -2.52. The monoisotopic (exact) mass is 285 g/mol. The summed E-state index contributed by atoms with van der Waals surface area (Å²) in [6, 6.07) is 11.0. The van der Waals surface area contributed by atoms with Gasteiger partial charge in [-0.2, -0.15) is 0 Å². The maximum atomic E-state index is 13.0. The summed E-state index contributed by atoms with van der Waals surface area (Å²) in [5, 5.41) is 0. The Morgan fingerprint density at radius 1 is 1.10 bits per heavy atom. The highest BCUT2D eigenvalue weighted by atomic mass is 16.1. The van der Waals surface area contributed by atoms with Gasteiger partial charge in [-0.3, -0.25) is 9.69 Å². The first-order valence-corrected chi connectivity index (χ1v) is 8.52. The van der Waals surface area contributed by atoms with Crippen molar-refractivity contribution in [3.8, 4) is 0 Å². The molecule has 2 aliphatic rings. The number of likely N-dealkylation sites (tertiary alicyclic amines) is 1. The van der Waals surface area contributed by atoms with Crippen molar-refractivity contribution in [2.45, 2.75) is 64.0 Å². The second-order valence-corrected chi connectivity index (χ2v) is 6.91. The fourth-order valence-corrected chi connectivity index (χ4v) is 4.38. The number of Topliss-reactive ketones (excluding diaryl/α,β-unsaturated/α-hetero) is 1. The van der Waals surface area contributed by atoms with Crippen LogP contribution in [0.4, 0.5) is 0 Å². The van der Waals surface area contributed by atoms with Crippen LogP contribution < -0.4 is 0 Å². The van der Waals surface area contributed by atoms with Gasteiger partial charge >= 0.3 is 0 Å². The molecule has 0 bridgehead atoms. The number of hydrogen-bond acceptors (Lipinski definition) is 2. The molecular formula is C19H27NO. The molecule has 3 rings (SSSR count). The lowest BCUT2D eigenvalue weighted by Crippen LogP contribution is -2.59. The largest absolute Gasteiger partial charge is 0.297 e. The number of benzene rings is 1. The predicted octanol–water partition coefficient (Wildman–Crippen LogP) is 4.15. The fraction of sp³-hybridized carbons (Fsp3) is 0.632. The predicted molar refractivity (Wildman–Crippen MR) is 86.2 cm³/mol. The first-order chi connectivity index (χ1) is 10.2. The molecule has 1 saturated carbocycles. The maximum Gasteiger partial charge on any atom is 0.157 e. The Kier molecular flexibility index (Phi) is 4.17. The summed E-state index contributed by atoms with van der Waals surface area (Å²) in [5.41, 5.74) is 0.865. The lowest BCUT2D eigenvalue weighted by molar-refractivity contribution is -0.140. The van der Waals surface area contributed by atoms with Crippen molar-refractivity contribution < 1.29 is 4.79 Å². The second kappa shape index (κ2) is 5.92. The third-order valence-corrected chi connectivity index (χ3v) is 5.77. The molecule has 0 radical (unpaired) electrons. The average Bonchev–Trinajstić information content (AvgIpc) is 2.52. The van der Waals surface area contributed by atoms with Gasteiger partial charge in [0, 0.05) is 12.5 Å². The molecule has 1 aromatic carbocycles. The zero-order chi connectivity index (χ0) is 14.9. The van der Waals surface area contributed by atoms with Crippen LogP contribution in [0.5, 0.6) is 0 Å². The van der Waals surface area contributed by atoms with E-state index in [0.717, 1.165) is 32.2 Å². The first kappa shape index (κ1) is 14.8. The van der Waals surface area contributed by atoms with Crippen molar-refractivity contribution in [2.75, 3.05) is 6.54 Å². The van der Waals surface area contributed by atoms with Gasteiger partial charge in [-0.05, 0) is 50.6 Å². The number of ketones is 1. The topological polar surface area (TPSA) is 20.3 Å². The van der Waals surface area contributed by atoms with E-state index >= 15 is 0 Å². The number of nitrogens with zero attached hydrogens (tertiary/aromatic N) is 1.